The van der Waals surface area contributed by atoms with Crippen molar-refractivity contribution < 1.29 is 14.3 Å². The number of carbonyl (C=O) groups excluding carboxylic acids is 2. The zero-order valence-electron chi connectivity index (χ0n) is 21.4. The van der Waals surface area contributed by atoms with Crippen molar-refractivity contribution in [3.63, 3.8) is 0 Å². The molecule has 8 nitrogen and oxygen atoms in total. The quantitative estimate of drug-likeness (QED) is 0.303. The van der Waals surface area contributed by atoms with Crippen molar-refractivity contribution in [1.82, 2.24) is 14.5 Å². The molecule has 0 aliphatic heterocycles. The Hall–Kier alpha value is -4.46. The SMILES string of the molecule is C=C(C)c1ccc(NCc2nc3cc(C(=O)N(CCC(=O)OCC)c4ccccn4)ccc3n2C)cc1. The molecule has 2 aromatic heterocycles. The molecule has 2 heterocycles. The van der Waals surface area contributed by atoms with Gasteiger partial charge in [0.15, 0.2) is 0 Å². The highest BCUT2D eigenvalue weighted by Crippen LogP contribution is 2.22. The maximum absolute atomic E-state index is 13.5. The average molecular weight is 498 g/mol. The van der Waals surface area contributed by atoms with Gasteiger partial charge in [0, 0.05) is 31.0 Å². The summed E-state index contributed by atoms with van der Waals surface area (Å²) in [5, 5.41) is 3.40. The van der Waals surface area contributed by atoms with Crippen molar-refractivity contribution in [1.29, 1.82) is 0 Å². The van der Waals surface area contributed by atoms with Crippen LogP contribution in [0.2, 0.25) is 0 Å². The lowest BCUT2D eigenvalue weighted by Crippen LogP contribution is -2.34. The minimum atomic E-state index is -0.359. The Morgan fingerprint density at radius 3 is 2.51 bits per heavy atom. The van der Waals surface area contributed by atoms with E-state index in [0.29, 0.717) is 30.0 Å². The normalized spacial score (nSPS) is 10.8. The van der Waals surface area contributed by atoms with Gasteiger partial charge in [0.05, 0.1) is 30.6 Å². The van der Waals surface area contributed by atoms with Gasteiger partial charge >= 0.3 is 5.97 Å². The molecular weight excluding hydrogens is 466 g/mol. The molecule has 0 bridgehead atoms. The number of nitrogens with one attached hydrogen (secondary N) is 1. The number of anilines is 2. The largest absolute Gasteiger partial charge is 0.466 e. The van der Waals surface area contributed by atoms with E-state index in [2.05, 4.69) is 16.9 Å². The van der Waals surface area contributed by atoms with Crippen LogP contribution < -0.4 is 10.2 Å². The Morgan fingerprint density at radius 2 is 1.84 bits per heavy atom. The summed E-state index contributed by atoms with van der Waals surface area (Å²) >= 11 is 0. The third-order valence-corrected chi connectivity index (χ3v) is 6.06. The van der Waals surface area contributed by atoms with Crippen LogP contribution in [0.3, 0.4) is 0 Å². The standard InChI is InChI=1S/C29H31N5O3/c1-5-37-28(35)15-17-34(26-8-6-7-16-30-26)29(36)22-11-14-25-24(18-22)32-27(33(25)4)19-31-23-12-9-21(10-13-23)20(2)3/h6-14,16,18,31H,2,5,15,17,19H2,1,3-4H3. The van der Waals surface area contributed by atoms with Gasteiger partial charge in [-0.15, -0.1) is 0 Å². The maximum atomic E-state index is 13.5. The Morgan fingerprint density at radius 1 is 1.08 bits per heavy atom. The number of benzene rings is 2. The number of allylic oxidation sites excluding steroid dienone is 1. The predicted octanol–water partition coefficient (Wildman–Crippen LogP) is 5.21. The first kappa shape index (κ1) is 25.6. The molecule has 0 unspecified atom stereocenters. The molecular formula is C29H31N5O3. The predicted molar refractivity (Wildman–Crippen MR) is 146 cm³/mol. The number of nitrogens with zero attached hydrogens (tertiary/aromatic N) is 4. The van der Waals surface area contributed by atoms with Crippen molar-refractivity contribution in [2.45, 2.75) is 26.8 Å². The van der Waals surface area contributed by atoms with Gasteiger partial charge in [0.1, 0.15) is 11.6 Å². The van der Waals surface area contributed by atoms with Crippen molar-refractivity contribution in [3.8, 4) is 0 Å². The second kappa shape index (κ2) is 11.5. The van der Waals surface area contributed by atoms with Gasteiger partial charge in [-0.3, -0.25) is 14.5 Å². The van der Waals surface area contributed by atoms with Crippen LogP contribution in [0, 0.1) is 0 Å². The highest BCUT2D eigenvalue weighted by Gasteiger charge is 2.21. The van der Waals surface area contributed by atoms with Gasteiger partial charge in [0.2, 0.25) is 0 Å². The van der Waals surface area contributed by atoms with E-state index < -0.39 is 0 Å². The van der Waals surface area contributed by atoms with Gasteiger partial charge in [-0.1, -0.05) is 30.4 Å². The lowest BCUT2D eigenvalue weighted by atomic mass is 10.1. The number of pyridine rings is 1. The summed E-state index contributed by atoms with van der Waals surface area (Å²) in [5.74, 6) is 0.698. The summed E-state index contributed by atoms with van der Waals surface area (Å²) in [6.07, 6.45) is 1.69. The first-order chi connectivity index (χ1) is 17.9. The zero-order valence-corrected chi connectivity index (χ0v) is 21.4. The van der Waals surface area contributed by atoms with E-state index in [0.717, 1.165) is 28.2 Å². The summed E-state index contributed by atoms with van der Waals surface area (Å²) < 4.78 is 7.05. The van der Waals surface area contributed by atoms with E-state index in [1.165, 1.54) is 4.90 Å². The van der Waals surface area contributed by atoms with Gasteiger partial charge in [-0.25, -0.2) is 9.97 Å². The molecule has 4 aromatic rings. The number of aromatic nitrogens is 3. The van der Waals surface area contributed by atoms with Crippen LogP contribution in [0.25, 0.3) is 16.6 Å². The van der Waals surface area contributed by atoms with Crippen LogP contribution in [0.1, 0.15) is 42.0 Å². The number of ether oxygens (including phenoxy) is 1. The Balaban J connectivity index is 1.54. The van der Waals surface area contributed by atoms with E-state index in [-0.39, 0.29) is 24.8 Å². The number of hydrogen-bond donors (Lipinski definition) is 1. The zero-order chi connectivity index (χ0) is 26.4. The fourth-order valence-electron chi connectivity index (χ4n) is 4.02. The van der Waals surface area contributed by atoms with E-state index >= 15 is 0 Å². The fraction of sp³-hybridized carbons (Fsp3) is 0.241. The van der Waals surface area contributed by atoms with Crippen molar-refractivity contribution in [3.05, 3.63) is 90.4 Å². The van der Waals surface area contributed by atoms with E-state index in [9.17, 15) is 9.59 Å². The first-order valence-corrected chi connectivity index (χ1v) is 12.2. The number of rotatable bonds is 10. The fourth-order valence-corrected chi connectivity index (χ4v) is 4.02. The average Bonchev–Trinajstić information content (AvgIpc) is 3.23. The smallest absolute Gasteiger partial charge is 0.307 e. The number of aryl methyl sites for hydroxylation is 1. The summed E-state index contributed by atoms with van der Waals surface area (Å²) in [6, 6.07) is 18.9. The number of fused-ring (bicyclic) bond motifs is 1. The second-order valence-electron chi connectivity index (χ2n) is 8.70. The Labute approximate surface area is 216 Å². The number of amides is 1. The van der Waals surface area contributed by atoms with E-state index in [4.69, 9.17) is 9.72 Å². The monoisotopic (exact) mass is 497 g/mol. The minimum Gasteiger partial charge on any atom is -0.466 e. The molecule has 4 rings (SSSR count). The molecule has 8 heteroatoms. The summed E-state index contributed by atoms with van der Waals surface area (Å²) in [6.45, 7) is 8.69. The van der Waals surface area contributed by atoms with Crippen LogP contribution in [-0.4, -0.2) is 39.6 Å². The van der Waals surface area contributed by atoms with E-state index in [1.54, 1.807) is 43.5 Å². The molecule has 1 N–H and O–H groups in total. The molecule has 0 saturated heterocycles. The first-order valence-electron chi connectivity index (χ1n) is 12.2. The molecule has 1 amide bonds. The Kier molecular flexibility index (Phi) is 7.98. The van der Waals surface area contributed by atoms with Gasteiger partial charge in [-0.2, -0.15) is 0 Å². The van der Waals surface area contributed by atoms with E-state index in [1.807, 2.05) is 48.9 Å². The van der Waals surface area contributed by atoms with Crippen LogP contribution in [-0.2, 0) is 23.1 Å². The lowest BCUT2D eigenvalue weighted by Gasteiger charge is -2.21. The van der Waals surface area contributed by atoms with Gasteiger partial charge < -0.3 is 14.6 Å². The number of imidazole rings is 1. The third kappa shape index (κ3) is 6.03. The molecule has 190 valence electrons. The third-order valence-electron chi connectivity index (χ3n) is 6.06. The highest BCUT2D eigenvalue weighted by atomic mass is 16.5. The second-order valence-corrected chi connectivity index (χ2v) is 8.70. The number of esters is 1. The topological polar surface area (TPSA) is 89.3 Å². The van der Waals surface area contributed by atoms with Crippen molar-refractivity contribution in [2.24, 2.45) is 7.05 Å². The van der Waals surface area contributed by atoms with Gasteiger partial charge in [-0.05, 0) is 61.9 Å². The molecule has 0 aliphatic carbocycles. The summed E-state index contributed by atoms with van der Waals surface area (Å²) in [4.78, 5) is 36.1. The maximum Gasteiger partial charge on any atom is 0.307 e. The minimum absolute atomic E-state index is 0.0746. The summed E-state index contributed by atoms with van der Waals surface area (Å²) in [7, 11) is 1.96. The van der Waals surface area contributed by atoms with Crippen LogP contribution >= 0.6 is 0 Å². The Bertz CT molecular complexity index is 1410. The van der Waals surface area contributed by atoms with Crippen molar-refractivity contribution >= 4 is 40.0 Å². The molecule has 0 radical (unpaired) electrons. The molecule has 0 aliphatic rings. The summed E-state index contributed by atoms with van der Waals surface area (Å²) in [5.41, 5.74) is 5.22. The molecule has 2 aromatic carbocycles. The molecule has 0 spiro atoms. The van der Waals surface area contributed by atoms with Crippen LogP contribution in [0.5, 0.6) is 0 Å². The number of hydrogen-bond acceptors (Lipinski definition) is 6. The lowest BCUT2D eigenvalue weighted by molar-refractivity contribution is -0.142. The molecule has 37 heavy (non-hydrogen) atoms. The number of carbonyl (C=O) groups is 2. The highest BCUT2D eigenvalue weighted by molar-refractivity contribution is 6.07. The van der Waals surface area contributed by atoms with Crippen molar-refractivity contribution in [2.75, 3.05) is 23.4 Å². The molecule has 0 saturated carbocycles. The van der Waals surface area contributed by atoms with Gasteiger partial charge in [0.25, 0.3) is 5.91 Å². The molecule has 0 fully saturated rings. The van der Waals surface area contributed by atoms with Crippen LogP contribution in [0.15, 0.2) is 73.4 Å². The molecule has 0 atom stereocenters. The van der Waals surface area contributed by atoms with Crippen LogP contribution in [0.4, 0.5) is 11.5 Å².